The topological polar surface area (TPSA) is 98.1 Å². The molecule has 1 atom stereocenters. The van der Waals surface area contributed by atoms with Crippen molar-refractivity contribution in [2.75, 3.05) is 23.4 Å². The number of aromatic nitrogens is 5. The number of rotatable bonds is 9. The molecule has 26 heavy (non-hydrogen) atoms. The lowest BCUT2D eigenvalue weighted by atomic mass is 10.1. The van der Waals surface area contributed by atoms with Gasteiger partial charge in [-0.15, -0.1) is 10.2 Å². The van der Waals surface area contributed by atoms with Gasteiger partial charge in [-0.1, -0.05) is 26.2 Å². The van der Waals surface area contributed by atoms with E-state index in [-0.39, 0.29) is 12.1 Å². The van der Waals surface area contributed by atoms with Crippen LogP contribution >= 0.6 is 0 Å². The monoisotopic (exact) mass is 359 g/mol. The number of aryl methyl sites for hydroxylation is 1. The lowest BCUT2D eigenvalue weighted by Crippen LogP contribution is -2.25. The maximum atomic E-state index is 11.8. The molecule has 1 saturated heterocycles. The standard InChI is InChI=1S/C17H25N7O2/c1-3-5-6-7-13(15-22-19-12-23(15)4-2)20-16-18-9-8-14(21-16)24-10-11-26-17(24)25/h8-9,12-13H,3-7,10-11H2,1-2H3,(H,18,20,21). The molecule has 0 spiro atoms. The lowest BCUT2D eigenvalue weighted by Gasteiger charge is -2.19. The molecule has 0 aromatic carbocycles. The number of anilines is 2. The number of unbranched alkanes of at least 4 members (excludes halogenated alkanes) is 2. The van der Waals surface area contributed by atoms with Gasteiger partial charge in [0.1, 0.15) is 18.8 Å². The van der Waals surface area contributed by atoms with Gasteiger partial charge in [0.2, 0.25) is 5.95 Å². The summed E-state index contributed by atoms with van der Waals surface area (Å²) < 4.78 is 7.00. The van der Waals surface area contributed by atoms with Crippen LogP contribution < -0.4 is 10.2 Å². The minimum Gasteiger partial charge on any atom is -0.447 e. The Morgan fingerprint density at radius 1 is 1.35 bits per heavy atom. The molecule has 9 heteroatoms. The van der Waals surface area contributed by atoms with Gasteiger partial charge >= 0.3 is 6.09 Å². The molecule has 9 nitrogen and oxygen atoms in total. The number of carbonyl (C=O) groups is 1. The largest absolute Gasteiger partial charge is 0.447 e. The number of ether oxygens (including phenoxy) is 1. The van der Waals surface area contributed by atoms with Crippen LogP contribution in [0.4, 0.5) is 16.6 Å². The number of nitrogens with zero attached hydrogens (tertiary/aromatic N) is 6. The van der Waals surface area contributed by atoms with E-state index in [2.05, 4.69) is 39.3 Å². The Morgan fingerprint density at radius 2 is 2.23 bits per heavy atom. The third kappa shape index (κ3) is 4.09. The summed E-state index contributed by atoms with van der Waals surface area (Å²) in [7, 11) is 0. The molecule has 1 aliphatic heterocycles. The van der Waals surface area contributed by atoms with E-state index in [4.69, 9.17) is 4.74 Å². The number of nitrogens with one attached hydrogen (secondary N) is 1. The summed E-state index contributed by atoms with van der Waals surface area (Å²) in [6.07, 6.45) is 7.29. The van der Waals surface area contributed by atoms with Gasteiger partial charge in [0, 0.05) is 12.7 Å². The summed E-state index contributed by atoms with van der Waals surface area (Å²) in [4.78, 5) is 22.1. The fraction of sp³-hybridized carbons (Fsp3) is 0.588. The minimum absolute atomic E-state index is 0.0372. The SMILES string of the molecule is CCCCCC(Nc1nccc(N2CCOC2=O)n1)c1nncn1CC. The normalized spacial score (nSPS) is 15.2. The van der Waals surface area contributed by atoms with E-state index >= 15 is 0 Å². The highest BCUT2D eigenvalue weighted by Gasteiger charge is 2.25. The Morgan fingerprint density at radius 3 is 2.96 bits per heavy atom. The highest BCUT2D eigenvalue weighted by molar-refractivity contribution is 5.88. The van der Waals surface area contributed by atoms with Crippen molar-refractivity contribution in [3.8, 4) is 0 Å². The summed E-state index contributed by atoms with van der Waals surface area (Å²) in [5.74, 6) is 1.88. The van der Waals surface area contributed by atoms with Crippen LogP contribution in [0, 0.1) is 0 Å². The molecule has 1 N–H and O–H groups in total. The second kappa shape index (κ2) is 8.59. The van der Waals surface area contributed by atoms with Crippen LogP contribution in [-0.4, -0.2) is 44.0 Å². The molecular formula is C17H25N7O2. The molecule has 0 radical (unpaired) electrons. The first kappa shape index (κ1) is 18.1. The molecule has 1 amide bonds. The van der Waals surface area contributed by atoms with Crippen LogP contribution in [0.1, 0.15) is 51.4 Å². The summed E-state index contributed by atoms with van der Waals surface area (Å²) in [5.41, 5.74) is 0. The number of carbonyl (C=O) groups excluding carboxylic acids is 1. The van der Waals surface area contributed by atoms with Crippen LogP contribution in [-0.2, 0) is 11.3 Å². The predicted molar refractivity (Wildman–Crippen MR) is 96.9 cm³/mol. The maximum absolute atomic E-state index is 11.8. The van der Waals surface area contributed by atoms with Crippen LogP contribution in [0.25, 0.3) is 0 Å². The van der Waals surface area contributed by atoms with Crippen molar-refractivity contribution in [2.24, 2.45) is 0 Å². The van der Waals surface area contributed by atoms with Crippen LogP contribution in [0.2, 0.25) is 0 Å². The predicted octanol–water partition coefficient (Wildman–Crippen LogP) is 2.78. The number of hydrogen-bond acceptors (Lipinski definition) is 7. The lowest BCUT2D eigenvalue weighted by molar-refractivity contribution is 0.181. The average Bonchev–Trinajstić information content (AvgIpc) is 3.30. The Kier molecular flexibility index (Phi) is 5.98. The van der Waals surface area contributed by atoms with E-state index < -0.39 is 0 Å². The molecular weight excluding hydrogens is 334 g/mol. The van der Waals surface area contributed by atoms with Crippen molar-refractivity contribution in [1.29, 1.82) is 0 Å². The van der Waals surface area contributed by atoms with E-state index in [0.717, 1.165) is 38.1 Å². The molecule has 1 unspecified atom stereocenters. The molecule has 140 valence electrons. The second-order valence-corrected chi connectivity index (χ2v) is 6.17. The summed E-state index contributed by atoms with van der Waals surface area (Å²) in [6.45, 7) is 5.92. The van der Waals surface area contributed by atoms with Crippen molar-refractivity contribution in [3.63, 3.8) is 0 Å². The minimum atomic E-state index is -0.375. The van der Waals surface area contributed by atoms with Gasteiger partial charge in [0.15, 0.2) is 5.82 Å². The zero-order valence-electron chi connectivity index (χ0n) is 15.3. The molecule has 1 aliphatic rings. The van der Waals surface area contributed by atoms with E-state index in [9.17, 15) is 4.79 Å². The molecule has 2 aromatic rings. The van der Waals surface area contributed by atoms with Crippen molar-refractivity contribution in [1.82, 2.24) is 24.7 Å². The van der Waals surface area contributed by atoms with Gasteiger partial charge in [0.25, 0.3) is 0 Å². The first-order chi connectivity index (χ1) is 12.7. The second-order valence-electron chi connectivity index (χ2n) is 6.17. The van der Waals surface area contributed by atoms with Gasteiger partial charge in [-0.3, -0.25) is 4.90 Å². The molecule has 0 saturated carbocycles. The number of cyclic esters (lactones) is 1. The van der Waals surface area contributed by atoms with Crippen LogP contribution in [0.3, 0.4) is 0 Å². The highest BCUT2D eigenvalue weighted by Crippen LogP contribution is 2.24. The van der Waals surface area contributed by atoms with Gasteiger partial charge in [-0.2, -0.15) is 4.98 Å². The zero-order chi connectivity index (χ0) is 18.4. The molecule has 1 fully saturated rings. The van der Waals surface area contributed by atoms with E-state index in [1.54, 1.807) is 18.6 Å². The van der Waals surface area contributed by atoms with Crippen molar-refractivity contribution in [2.45, 2.75) is 52.1 Å². The Bertz CT molecular complexity index is 733. The zero-order valence-corrected chi connectivity index (χ0v) is 15.3. The molecule has 0 aliphatic carbocycles. The van der Waals surface area contributed by atoms with E-state index in [0.29, 0.717) is 24.9 Å². The molecule has 0 bridgehead atoms. The van der Waals surface area contributed by atoms with E-state index in [1.807, 2.05) is 4.57 Å². The summed E-state index contributed by atoms with van der Waals surface area (Å²) in [5, 5.41) is 11.7. The Labute approximate surface area is 152 Å². The van der Waals surface area contributed by atoms with Crippen LogP contribution in [0.15, 0.2) is 18.6 Å². The van der Waals surface area contributed by atoms with Crippen LogP contribution in [0.5, 0.6) is 0 Å². The quantitative estimate of drug-likeness (QED) is 0.687. The molecule has 2 aromatic heterocycles. The third-order valence-corrected chi connectivity index (χ3v) is 4.38. The molecule has 3 heterocycles. The van der Waals surface area contributed by atoms with Gasteiger partial charge in [-0.25, -0.2) is 9.78 Å². The van der Waals surface area contributed by atoms with Crippen molar-refractivity contribution in [3.05, 3.63) is 24.4 Å². The fourth-order valence-corrected chi connectivity index (χ4v) is 2.97. The van der Waals surface area contributed by atoms with E-state index in [1.165, 1.54) is 4.90 Å². The Balaban J connectivity index is 1.78. The van der Waals surface area contributed by atoms with Gasteiger partial charge < -0.3 is 14.6 Å². The van der Waals surface area contributed by atoms with Gasteiger partial charge in [0.05, 0.1) is 12.6 Å². The summed E-state index contributed by atoms with van der Waals surface area (Å²) in [6, 6.07) is 1.67. The third-order valence-electron chi connectivity index (χ3n) is 4.38. The van der Waals surface area contributed by atoms with Crippen molar-refractivity contribution < 1.29 is 9.53 Å². The summed E-state index contributed by atoms with van der Waals surface area (Å²) >= 11 is 0. The molecule has 3 rings (SSSR count). The fourth-order valence-electron chi connectivity index (χ4n) is 2.97. The highest BCUT2D eigenvalue weighted by atomic mass is 16.6. The number of amides is 1. The smallest absolute Gasteiger partial charge is 0.415 e. The maximum Gasteiger partial charge on any atom is 0.415 e. The Hall–Kier alpha value is -2.71. The average molecular weight is 359 g/mol. The first-order valence-corrected chi connectivity index (χ1v) is 9.14. The van der Waals surface area contributed by atoms with Gasteiger partial charge in [-0.05, 0) is 19.4 Å². The first-order valence-electron chi connectivity index (χ1n) is 9.14. The van der Waals surface area contributed by atoms with Crippen molar-refractivity contribution >= 4 is 17.9 Å². The number of hydrogen-bond donors (Lipinski definition) is 1.